The smallest absolute Gasteiger partial charge is 0.329 e. The highest BCUT2D eigenvalue weighted by atomic mass is 79.9. The van der Waals surface area contributed by atoms with Crippen LogP contribution in [0.25, 0.3) is 0 Å². The first kappa shape index (κ1) is 19.4. The zero-order chi connectivity index (χ0) is 19.2. The van der Waals surface area contributed by atoms with E-state index in [0.717, 1.165) is 28.4 Å². The van der Waals surface area contributed by atoms with Gasteiger partial charge in [0.15, 0.2) is 0 Å². The number of benzene rings is 2. The molecule has 140 valence electrons. The second-order valence-corrected chi connectivity index (χ2v) is 7.28. The Labute approximate surface area is 170 Å². The third-order valence-electron chi connectivity index (χ3n) is 3.80. The van der Waals surface area contributed by atoms with Crippen molar-refractivity contribution < 1.29 is 14.3 Å². The van der Waals surface area contributed by atoms with Crippen molar-refractivity contribution in [3.8, 4) is 5.75 Å². The number of amides is 2. The molecule has 0 saturated heterocycles. The fourth-order valence-corrected chi connectivity index (χ4v) is 2.88. The van der Waals surface area contributed by atoms with Crippen molar-refractivity contribution in [3.05, 3.63) is 63.1 Å². The molecule has 0 atom stereocenters. The highest BCUT2D eigenvalue weighted by Gasteiger charge is 2.26. The Morgan fingerprint density at radius 3 is 2.70 bits per heavy atom. The SMILES string of the molecule is O=C(N/N=C\c1ccc(OCc2ccccc2Cl)c(Br)c1)C(=O)NC1CC1. The summed E-state index contributed by atoms with van der Waals surface area (Å²) in [6.07, 6.45) is 3.29. The summed E-state index contributed by atoms with van der Waals surface area (Å²) in [5, 5.41) is 7.05. The summed E-state index contributed by atoms with van der Waals surface area (Å²) in [6.45, 7) is 0.345. The van der Waals surface area contributed by atoms with Gasteiger partial charge < -0.3 is 10.1 Å². The summed E-state index contributed by atoms with van der Waals surface area (Å²) < 4.78 is 6.51. The zero-order valence-electron chi connectivity index (χ0n) is 14.2. The maximum atomic E-state index is 11.6. The van der Waals surface area contributed by atoms with Gasteiger partial charge in [-0.2, -0.15) is 5.10 Å². The molecule has 3 rings (SSSR count). The monoisotopic (exact) mass is 449 g/mol. The van der Waals surface area contributed by atoms with Crippen LogP contribution in [-0.2, 0) is 16.2 Å². The van der Waals surface area contributed by atoms with Crippen LogP contribution in [0.3, 0.4) is 0 Å². The van der Waals surface area contributed by atoms with Crippen LogP contribution in [0.15, 0.2) is 52.0 Å². The number of hydrogen-bond donors (Lipinski definition) is 2. The standard InChI is InChI=1S/C19H17BrClN3O3/c20-15-9-12(10-22-24-19(26)18(25)23-14-6-7-14)5-8-17(15)27-11-13-3-1-2-4-16(13)21/h1-5,8-10,14H,6-7,11H2,(H,23,25)(H,24,26)/b22-10-. The minimum atomic E-state index is -0.781. The Morgan fingerprint density at radius 1 is 1.22 bits per heavy atom. The first-order valence-corrected chi connectivity index (χ1v) is 9.49. The molecule has 2 aromatic carbocycles. The number of nitrogens with one attached hydrogen (secondary N) is 2. The Balaban J connectivity index is 1.53. The highest BCUT2D eigenvalue weighted by Crippen LogP contribution is 2.27. The lowest BCUT2D eigenvalue weighted by Crippen LogP contribution is -2.38. The molecule has 1 aliphatic rings. The van der Waals surface area contributed by atoms with Crippen LogP contribution >= 0.6 is 27.5 Å². The van der Waals surface area contributed by atoms with Crippen molar-refractivity contribution in [3.63, 3.8) is 0 Å². The van der Waals surface area contributed by atoms with E-state index in [1.807, 2.05) is 24.3 Å². The lowest BCUT2D eigenvalue weighted by Gasteiger charge is -2.10. The van der Waals surface area contributed by atoms with Gasteiger partial charge in [0, 0.05) is 16.6 Å². The Hall–Kier alpha value is -2.38. The largest absolute Gasteiger partial charge is 0.488 e. The van der Waals surface area contributed by atoms with Gasteiger partial charge in [-0.05, 0) is 58.6 Å². The Bertz CT molecular complexity index is 884. The maximum absolute atomic E-state index is 11.6. The number of halogens is 2. The van der Waals surface area contributed by atoms with Crippen LogP contribution < -0.4 is 15.5 Å². The normalized spacial score (nSPS) is 13.4. The summed E-state index contributed by atoms with van der Waals surface area (Å²) in [7, 11) is 0. The van der Waals surface area contributed by atoms with Gasteiger partial charge in [0.2, 0.25) is 0 Å². The number of hydrogen-bond acceptors (Lipinski definition) is 4. The van der Waals surface area contributed by atoms with Gasteiger partial charge in [-0.25, -0.2) is 5.43 Å². The van der Waals surface area contributed by atoms with E-state index in [1.165, 1.54) is 6.21 Å². The first-order chi connectivity index (χ1) is 13.0. The van der Waals surface area contributed by atoms with Gasteiger partial charge in [-0.15, -0.1) is 0 Å². The second-order valence-electron chi connectivity index (χ2n) is 6.02. The van der Waals surface area contributed by atoms with E-state index in [-0.39, 0.29) is 6.04 Å². The highest BCUT2D eigenvalue weighted by molar-refractivity contribution is 9.10. The number of rotatable bonds is 6. The van der Waals surface area contributed by atoms with Gasteiger partial charge in [0.05, 0.1) is 10.7 Å². The average Bonchev–Trinajstić information content (AvgIpc) is 3.46. The van der Waals surface area contributed by atoms with E-state index in [9.17, 15) is 9.59 Å². The third-order valence-corrected chi connectivity index (χ3v) is 4.78. The van der Waals surface area contributed by atoms with Gasteiger partial charge in [-0.3, -0.25) is 9.59 Å². The lowest BCUT2D eigenvalue weighted by atomic mass is 10.2. The van der Waals surface area contributed by atoms with Crippen LogP contribution in [0.1, 0.15) is 24.0 Å². The van der Waals surface area contributed by atoms with Crippen molar-refractivity contribution in [2.75, 3.05) is 0 Å². The molecule has 1 aliphatic carbocycles. The molecular weight excluding hydrogens is 434 g/mol. The van der Waals surface area contributed by atoms with Crippen LogP contribution in [0.4, 0.5) is 0 Å². The predicted molar refractivity (Wildman–Crippen MR) is 107 cm³/mol. The molecule has 2 amide bonds. The number of carbonyl (C=O) groups excluding carboxylic acids is 2. The van der Waals surface area contributed by atoms with Crippen molar-refractivity contribution in [2.24, 2.45) is 5.10 Å². The molecule has 0 spiro atoms. The molecule has 0 radical (unpaired) electrons. The molecular formula is C19H17BrClN3O3. The molecule has 27 heavy (non-hydrogen) atoms. The van der Waals surface area contributed by atoms with Crippen molar-refractivity contribution in [2.45, 2.75) is 25.5 Å². The van der Waals surface area contributed by atoms with Gasteiger partial charge in [-0.1, -0.05) is 29.8 Å². The minimum Gasteiger partial charge on any atom is -0.488 e. The van der Waals surface area contributed by atoms with E-state index in [2.05, 4.69) is 31.8 Å². The Kier molecular flexibility index (Phi) is 6.47. The molecule has 2 N–H and O–H groups in total. The third kappa shape index (κ3) is 5.80. The topological polar surface area (TPSA) is 79.8 Å². The minimum absolute atomic E-state index is 0.126. The fraction of sp³-hybridized carbons (Fsp3) is 0.211. The molecule has 1 saturated carbocycles. The van der Waals surface area contributed by atoms with Gasteiger partial charge >= 0.3 is 11.8 Å². The summed E-state index contributed by atoms with van der Waals surface area (Å²) in [5.74, 6) is -0.795. The summed E-state index contributed by atoms with van der Waals surface area (Å²) >= 11 is 9.57. The molecule has 2 aromatic rings. The second kappa shape index (κ2) is 9.01. The van der Waals surface area contributed by atoms with E-state index >= 15 is 0 Å². The van der Waals surface area contributed by atoms with Crippen molar-refractivity contribution in [1.29, 1.82) is 0 Å². The molecule has 0 aliphatic heterocycles. The molecule has 6 nitrogen and oxygen atoms in total. The van der Waals surface area contributed by atoms with Gasteiger partial charge in [0.1, 0.15) is 12.4 Å². The number of hydrazone groups is 1. The quantitative estimate of drug-likeness (QED) is 0.402. The van der Waals surface area contributed by atoms with Crippen LogP contribution in [0.5, 0.6) is 5.75 Å². The summed E-state index contributed by atoms with van der Waals surface area (Å²) in [5.41, 5.74) is 3.83. The molecule has 0 heterocycles. The lowest BCUT2D eigenvalue weighted by molar-refractivity contribution is -0.139. The van der Waals surface area contributed by atoms with E-state index < -0.39 is 11.8 Å². The molecule has 0 bridgehead atoms. The van der Waals surface area contributed by atoms with E-state index in [1.54, 1.807) is 18.2 Å². The fourth-order valence-electron chi connectivity index (χ4n) is 2.18. The van der Waals surface area contributed by atoms with E-state index in [0.29, 0.717) is 17.4 Å². The molecule has 1 fully saturated rings. The molecule has 0 unspecified atom stereocenters. The summed E-state index contributed by atoms with van der Waals surface area (Å²) in [4.78, 5) is 23.1. The average molecular weight is 451 g/mol. The summed E-state index contributed by atoms with van der Waals surface area (Å²) in [6, 6.07) is 13.0. The number of nitrogens with zero attached hydrogens (tertiary/aromatic N) is 1. The van der Waals surface area contributed by atoms with Crippen LogP contribution in [0, 0.1) is 0 Å². The Morgan fingerprint density at radius 2 is 2.00 bits per heavy atom. The van der Waals surface area contributed by atoms with Crippen molar-refractivity contribution in [1.82, 2.24) is 10.7 Å². The van der Waals surface area contributed by atoms with Crippen molar-refractivity contribution >= 4 is 45.6 Å². The predicted octanol–water partition coefficient (Wildman–Crippen LogP) is 3.41. The number of ether oxygens (including phenoxy) is 1. The van der Waals surface area contributed by atoms with Crippen LogP contribution in [0.2, 0.25) is 5.02 Å². The zero-order valence-corrected chi connectivity index (χ0v) is 16.6. The van der Waals surface area contributed by atoms with Gasteiger partial charge in [0.25, 0.3) is 0 Å². The van der Waals surface area contributed by atoms with Crippen LogP contribution in [-0.4, -0.2) is 24.1 Å². The van der Waals surface area contributed by atoms with E-state index in [4.69, 9.17) is 16.3 Å². The molecule has 8 heteroatoms. The maximum Gasteiger partial charge on any atom is 0.329 e. The molecule has 0 aromatic heterocycles. The first-order valence-electron chi connectivity index (χ1n) is 8.32. The number of carbonyl (C=O) groups is 2.